The molecular formula is C14H20N2O3. The van der Waals surface area contributed by atoms with Gasteiger partial charge in [-0.05, 0) is 12.5 Å². The Morgan fingerprint density at radius 2 is 2.00 bits per heavy atom. The number of rotatable bonds is 6. The third kappa shape index (κ3) is 2.31. The van der Waals surface area contributed by atoms with E-state index < -0.39 is 5.91 Å². The summed E-state index contributed by atoms with van der Waals surface area (Å²) in [5.74, 6) is -0.154. The molecular weight excluding hydrogens is 244 g/mol. The second-order valence-electron chi connectivity index (χ2n) is 4.41. The second kappa shape index (κ2) is 5.59. The maximum absolute atomic E-state index is 7.98. The first-order valence-corrected chi connectivity index (χ1v) is 6.42. The van der Waals surface area contributed by atoms with Crippen molar-refractivity contribution in [2.24, 2.45) is 0 Å². The number of hydrogen-bond donors (Lipinski definition) is 2. The van der Waals surface area contributed by atoms with Crippen molar-refractivity contribution in [1.82, 2.24) is 5.32 Å². The molecule has 0 saturated heterocycles. The Morgan fingerprint density at radius 3 is 2.63 bits per heavy atom. The maximum Gasteiger partial charge on any atom is 0.282 e. The van der Waals surface area contributed by atoms with Crippen molar-refractivity contribution in [3.05, 3.63) is 29.3 Å². The number of hydrogen-bond acceptors (Lipinski definition) is 4. The minimum atomic E-state index is -1.13. The number of ether oxygens (including phenoxy) is 3. The van der Waals surface area contributed by atoms with Gasteiger partial charge >= 0.3 is 0 Å². The van der Waals surface area contributed by atoms with Crippen LogP contribution in [-0.2, 0) is 15.4 Å². The van der Waals surface area contributed by atoms with E-state index in [1.807, 2.05) is 18.2 Å². The smallest absolute Gasteiger partial charge is 0.282 e. The largest absolute Gasteiger partial charge is 0.493 e. The zero-order chi connectivity index (χ0) is 13.9. The summed E-state index contributed by atoms with van der Waals surface area (Å²) >= 11 is 0. The fourth-order valence-electron chi connectivity index (χ4n) is 2.21. The van der Waals surface area contributed by atoms with Crippen molar-refractivity contribution in [2.75, 3.05) is 20.8 Å². The van der Waals surface area contributed by atoms with E-state index in [4.69, 9.17) is 19.6 Å². The highest BCUT2D eigenvalue weighted by Crippen LogP contribution is 2.39. The van der Waals surface area contributed by atoms with E-state index in [0.717, 1.165) is 24.0 Å². The van der Waals surface area contributed by atoms with Crippen LogP contribution in [0.2, 0.25) is 0 Å². The molecule has 0 bridgehead atoms. The minimum absolute atomic E-state index is 0.277. The Kier molecular flexibility index (Phi) is 4.07. The summed E-state index contributed by atoms with van der Waals surface area (Å²) in [6.45, 7) is 2.76. The second-order valence-corrected chi connectivity index (χ2v) is 4.41. The van der Waals surface area contributed by atoms with Gasteiger partial charge in [0.05, 0.1) is 12.2 Å². The molecule has 0 unspecified atom stereocenters. The zero-order valence-electron chi connectivity index (χ0n) is 11.6. The number of nitrogens with one attached hydrogen (secondary N) is 2. The molecule has 0 aliphatic carbocycles. The topological polar surface area (TPSA) is 63.6 Å². The fraction of sp³-hybridized carbons (Fsp3) is 0.500. The van der Waals surface area contributed by atoms with Crippen LogP contribution in [0.15, 0.2) is 18.2 Å². The molecule has 1 aliphatic rings. The monoisotopic (exact) mass is 264 g/mol. The lowest BCUT2D eigenvalue weighted by Gasteiger charge is -2.28. The van der Waals surface area contributed by atoms with Crippen molar-refractivity contribution in [2.45, 2.75) is 25.7 Å². The van der Waals surface area contributed by atoms with Gasteiger partial charge in [-0.3, -0.25) is 5.41 Å². The van der Waals surface area contributed by atoms with E-state index in [1.165, 1.54) is 0 Å². The van der Waals surface area contributed by atoms with Crippen molar-refractivity contribution < 1.29 is 14.2 Å². The molecule has 0 fully saturated rings. The molecule has 2 rings (SSSR count). The predicted octanol–water partition coefficient (Wildman–Crippen LogP) is 2.20. The van der Waals surface area contributed by atoms with E-state index in [1.54, 1.807) is 14.2 Å². The van der Waals surface area contributed by atoms with Gasteiger partial charge in [-0.25, -0.2) is 0 Å². The first kappa shape index (κ1) is 13.8. The number of fused-ring (bicyclic) bond motifs is 1. The van der Waals surface area contributed by atoms with Crippen LogP contribution >= 0.6 is 0 Å². The molecule has 19 heavy (non-hydrogen) atoms. The number of methoxy groups -OCH3 is 2. The number of benzene rings is 1. The summed E-state index contributed by atoms with van der Waals surface area (Å²) in [5, 5.41) is 10.9. The summed E-state index contributed by atoms with van der Waals surface area (Å²) in [6.07, 6.45) is 2.06. The maximum atomic E-state index is 7.98. The first-order valence-electron chi connectivity index (χ1n) is 6.42. The molecule has 0 radical (unpaired) electrons. The standard InChI is InChI=1S/C14H20N2O3/c1-4-5-9-19-11-8-6-7-10-12(11)14(17-2,18-3)16-13(10)15/h6-8H,4-5,9H2,1-3H3,(H2,15,16). The fourth-order valence-corrected chi connectivity index (χ4v) is 2.21. The van der Waals surface area contributed by atoms with Crippen LogP contribution in [0.3, 0.4) is 0 Å². The summed E-state index contributed by atoms with van der Waals surface area (Å²) in [6, 6.07) is 5.61. The highest BCUT2D eigenvalue weighted by Gasteiger charge is 2.45. The van der Waals surface area contributed by atoms with Gasteiger partial charge in [-0.1, -0.05) is 25.5 Å². The third-order valence-electron chi connectivity index (χ3n) is 3.24. The van der Waals surface area contributed by atoms with Crippen LogP contribution in [0.5, 0.6) is 5.75 Å². The molecule has 1 aromatic carbocycles. The molecule has 0 saturated carbocycles. The van der Waals surface area contributed by atoms with Crippen molar-refractivity contribution in [1.29, 1.82) is 5.41 Å². The Morgan fingerprint density at radius 1 is 1.26 bits per heavy atom. The Labute approximate surface area is 113 Å². The molecule has 0 aromatic heterocycles. The molecule has 0 atom stereocenters. The van der Waals surface area contributed by atoms with E-state index in [9.17, 15) is 0 Å². The lowest BCUT2D eigenvalue weighted by Crippen LogP contribution is -2.43. The Bertz CT molecular complexity index is 470. The molecule has 0 amide bonds. The normalized spacial score (nSPS) is 16.1. The third-order valence-corrected chi connectivity index (χ3v) is 3.24. The molecule has 1 aliphatic heterocycles. The summed E-state index contributed by atoms with van der Waals surface area (Å²) in [7, 11) is 3.09. The predicted molar refractivity (Wildman–Crippen MR) is 72.5 cm³/mol. The molecule has 2 N–H and O–H groups in total. The average molecular weight is 264 g/mol. The van der Waals surface area contributed by atoms with Crippen LogP contribution in [-0.4, -0.2) is 26.7 Å². The van der Waals surface area contributed by atoms with Gasteiger partial charge in [0.15, 0.2) is 0 Å². The van der Waals surface area contributed by atoms with Crippen molar-refractivity contribution in [3.63, 3.8) is 0 Å². The lowest BCUT2D eigenvalue weighted by atomic mass is 10.1. The van der Waals surface area contributed by atoms with E-state index >= 15 is 0 Å². The van der Waals surface area contributed by atoms with E-state index in [0.29, 0.717) is 12.4 Å². The van der Waals surface area contributed by atoms with Crippen molar-refractivity contribution in [3.8, 4) is 5.75 Å². The van der Waals surface area contributed by atoms with Gasteiger partial charge in [-0.2, -0.15) is 0 Å². The molecule has 5 heteroatoms. The quantitative estimate of drug-likeness (QED) is 0.610. The van der Waals surface area contributed by atoms with Crippen LogP contribution in [0, 0.1) is 5.41 Å². The number of amidine groups is 1. The molecule has 1 aromatic rings. The average Bonchev–Trinajstić information content (AvgIpc) is 2.74. The van der Waals surface area contributed by atoms with Crippen LogP contribution < -0.4 is 10.1 Å². The van der Waals surface area contributed by atoms with Gasteiger partial charge in [0, 0.05) is 19.8 Å². The SMILES string of the molecule is CCCCOc1cccc2c1C(OC)(OC)NC2=N. The zero-order valence-corrected chi connectivity index (χ0v) is 11.6. The summed E-state index contributed by atoms with van der Waals surface area (Å²) < 4.78 is 16.7. The van der Waals surface area contributed by atoms with Gasteiger partial charge in [0.25, 0.3) is 5.91 Å². The lowest BCUT2D eigenvalue weighted by molar-refractivity contribution is -0.223. The summed E-state index contributed by atoms with van der Waals surface area (Å²) in [4.78, 5) is 0. The Balaban J connectivity index is 2.40. The molecule has 1 heterocycles. The van der Waals surface area contributed by atoms with Crippen LogP contribution in [0.25, 0.3) is 0 Å². The van der Waals surface area contributed by atoms with Crippen molar-refractivity contribution >= 4 is 5.84 Å². The van der Waals surface area contributed by atoms with Gasteiger partial charge in [0.1, 0.15) is 11.6 Å². The molecule has 0 spiro atoms. The minimum Gasteiger partial charge on any atom is -0.493 e. The highest BCUT2D eigenvalue weighted by molar-refractivity contribution is 6.02. The molecule has 104 valence electrons. The van der Waals surface area contributed by atoms with Crippen LogP contribution in [0.1, 0.15) is 30.9 Å². The first-order chi connectivity index (χ1) is 9.18. The number of unbranched alkanes of at least 4 members (excludes halogenated alkanes) is 1. The molecule has 5 nitrogen and oxygen atoms in total. The van der Waals surface area contributed by atoms with Gasteiger partial charge < -0.3 is 19.5 Å². The highest BCUT2D eigenvalue weighted by atomic mass is 16.7. The van der Waals surface area contributed by atoms with Gasteiger partial charge in [-0.15, -0.1) is 0 Å². The van der Waals surface area contributed by atoms with E-state index in [-0.39, 0.29) is 5.84 Å². The summed E-state index contributed by atoms with van der Waals surface area (Å²) in [5.41, 5.74) is 1.49. The van der Waals surface area contributed by atoms with Gasteiger partial charge in [0.2, 0.25) is 0 Å². The van der Waals surface area contributed by atoms with Crippen LogP contribution in [0.4, 0.5) is 0 Å². The van der Waals surface area contributed by atoms with E-state index in [2.05, 4.69) is 12.2 Å². The Hall–Kier alpha value is -1.59.